The fraction of sp³-hybridized carbons (Fsp3) is 0.571. The van der Waals surface area contributed by atoms with Crippen molar-refractivity contribution in [2.45, 2.75) is 18.6 Å². The molecule has 1 aliphatic rings. The van der Waals surface area contributed by atoms with Gasteiger partial charge in [-0.2, -0.15) is 0 Å². The Labute approximate surface area is 64.5 Å². The van der Waals surface area contributed by atoms with Gasteiger partial charge in [-0.3, -0.25) is 4.79 Å². The quantitative estimate of drug-likeness (QED) is 0.413. The molecule has 62 valence electrons. The van der Waals surface area contributed by atoms with Crippen molar-refractivity contribution in [3.8, 4) is 0 Å². The van der Waals surface area contributed by atoms with E-state index in [4.69, 9.17) is 10.2 Å². The predicted octanol–water partition coefficient (Wildman–Crippen LogP) is -1.22. The number of hydrogen-bond donors (Lipinski definition) is 3. The minimum absolute atomic E-state index is 0.209. The monoisotopic (exact) mass is 157 g/mol. The first kappa shape index (κ1) is 8.23. The average Bonchev–Trinajstić information content (AvgIpc) is 1.95. The fourth-order valence-corrected chi connectivity index (χ4v) is 0.916. The number of carbonyl (C=O) groups excluding carboxylic acids is 1. The molecule has 2 atom stereocenters. The van der Waals surface area contributed by atoms with Gasteiger partial charge in [-0.1, -0.05) is 6.08 Å². The van der Waals surface area contributed by atoms with Crippen LogP contribution in [0.25, 0.3) is 0 Å². The van der Waals surface area contributed by atoms with Crippen molar-refractivity contribution in [2.75, 3.05) is 6.54 Å². The Morgan fingerprint density at radius 1 is 1.55 bits per heavy atom. The van der Waals surface area contributed by atoms with E-state index in [1.54, 1.807) is 0 Å². The zero-order chi connectivity index (χ0) is 8.27. The summed E-state index contributed by atoms with van der Waals surface area (Å²) >= 11 is 0. The van der Waals surface area contributed by atoms with Crippen molar-refractivity contribution in [3.05, 3.63) is 12.2 Å². The van der Waals surface area contributed by atoms with Crippen LogP contribution in [-0.2, 0) is 4.79 Å². The van der Waals surface area contributed by atoms with Gasteiger partial charge in [0.25, 0.3) is 0 Å². The summed E-state index contributed by atoms with van der Waals surface area (Å²) in [5.41, 5.74) is 0. The molecule has 1 heterocycles. The van der Waals surface area contributed by atoms with Crippen LogP contribution in [0.1, 0.15) is 6.42 Å². The van der Waals surface area contributed by atoms with Crippen molar-refractivity contribution in [2.24, 2.45) is 0 Å². The molecule has 0 aromatic heterocycles. The maximum atomic E-state index is 10.7. The third kappa shape index (κ3) is 2.69. The Kier molecular flexibility index (Phi) is 2.62. The number of carbonyl (C=O) groups is 1. The lowest BCUT2D eigenvalue weighted by Gasteiger charge is -2.15. The van der Waals surface area contributed by atoms with Crippen LogP contribution in [0.4, 0.5) is 0 Å². The molecular formula is C7H11NO3. The second-order valence-corrected chi connectivity index (χ2v) is 2.56. The topological polar surface area (TPSA) is 69.6 Å². The molecule has 1 rings (SSSR count). The van der Waals surface area contributed by atoms with E-state index >= 15 is 0 Å². The predicted molar refractivity (Wildman–Crippen MR) is 38.8 cm³/mol. The van der Waals surface area contributed by atoms with E-state index < -0.39 is 12.2 Å². The molecule has 11 heavy (non-hydrogen) atoms. The number of nitrogens with one attached hydrogen (secondary N) is 1. The molecule has 0 aromatic carbocycles. The maximum Gasteiger partial charge on any atom is 0.243 e. The van der Waals surface area contributed by atoms with E-state index in [0.29, 0.717) is 0 Å². The summed E-state index contributed by atoms with van der Waals surface area (Å²) in [6.07, 6.45) is 1.56. The first-order valence-electron chi connectivity index (χ1n) is 3.50. The molecule has 3 N–H and O–H groups in total. The highest BCUT2D eigenvalue weighted by atomic mass is 16.3. The molecule has 0 aromatic rings. The third-order valence-electron chi connectivity index (χ3n) is 1.50. The van der Waals surface area contributed by atoms with E-state index in [-0.39, 0.29) is 18.9 Å². The van der Waals surface area contributed by atoms with E-state index in [9.17, 15) is 4.79 Å². The molecule has 0 fully saturated rings. The second-order valence-electron chi connectivity index (χ2n) is 2.56. The van der Waals surface area contributed by atoms with Crippen molar-refractivity contribution < 1.29 is 15.0 Å². The van der Waals surface area contributed by atoms with Crippen LogP contribution in [0, 0.1) is 0 Å². The van der Waals surface area contributed by atoms with Crippen molar-refractivity contribution >= 4 is 5.91 Å². The zero-order valence-electron chi connectivity index (χ0n) is 6.03. The maximum absolute atomic E-state index is 10.7. The van der Waals surface area contributed by atoms with Gasteiger partial charge in [-0.15, -0.1) is 0 Å². The SMILES string of the molecule is O=C1C=CC(O)CC(O)CN1. The van der Waals surface area contributed by atoms with Gasteiger partial charge in [0.2, 0.25) is 5.91 Å². The van der Waals surface area contributed by atoms with Crippen LogP contribution in [0.3, 0.4) is 0 Å². The summed E-state index contributed by atoms with van der Waals surface area (Å²) in [7, 11) is 0. The molecule has 1 amide bonds. The molecule has 4 heteroatoms. The van der Waals surface area contributed by atoms with Crippen LogP contribution in [-0.4, -0.2) is 34.9 Å². The normalized spacial score (nSPS) is 32.4. The summed E-state index contributed by atoms with van der Waals surface area (Å²) in [6, 6.07) is 0. The van der Waals surface area contributed by atoms with E-state index in [0.717, 1.165) is 0 Å². The highest BCUT2D eigenvalue weighted by molar-refractivity contribution is 5.87. The smallest absolute Gasteiger partial charge is 0.243 e. The number of aliphatic hydroxyl groups excluding tert-OH is 2. The average molecular weight is 157 g/mol. The zero-order valence-corrected chi connectivity index (χ0v) is 6.03. The molecule has 1 aliphatic heterocycles. The Morgan fingerprint density at radius 2 is 2.27 bits per heavy atom. The number of hydrogen-bond acceptors (Lipinski definition) is 3. The Morgan fingerprint density at radius 3 is 3.00 bits per heavy atom. The van der Waals surface area contributed by atoms with Gasteiger partial charge in [0.15, 0.2) is 0 Å². The minimum atomic E-state index is -0.712. The molecule has 2 unspecified atom stereocenters. The van der Waals surface area contributed by atoms with Gasteiger partial charge in [-0.05, 0) is 0 Å². The van der Waals surface area contributed by atoms with Crippen molar-refractivity contribution in [1.29, 1.82) is 0 Å². The standard InChI is InChI=1S/C7H11NO3/c9-5-1-2-7(11)8-4-6(10)3-5/h1-2,5-6,9-10H,3-4H2,(H,8,11). The van der Waals surface area contributed by atoms with E-state index in [2.05, 4.69) is 5.32 Å². The van der Waals surface area contributed by atoms with Crippen LogP contribution in [0.15, 0.2) is 12.2 Å². The van der Waals surface area contributed by atoms with Gasteiger partial charge in [-0.25, -0.2) is 0 Å². The number of β-amino-alcohol motifs (C(OH)–C–C–N with tert-alkyl or cyclic N) is 1. The lowest BCUT2D eigenvalue weighted by molar-refractivity contribution is -0.117. The van der Waals surface area contributed by atoms with Crippen molar-refractivity contribution in [1.82, 2.24) is 5.32 Å². The Bertz CT molecular complexity index is 179. The lowest BCUT2D eigenvalue weighted by Crippen LogP contribution is -2.34. The van der Waals surface area contributed by atoms with Gasteiger partial charge in [0.1, 0.15) is 0 Å². The molecule has 0 saturated heterocycles. The summed E-state index contributed by atoms with van der Waals surface area (Å²) in [5.74, 6) is -0.275. The summed E-state index contributed by atoms with van der Waals surface area (Å²) in [6.45, 7) is 0.209. The summed E-state index contributed by atoms with van der Waals surface area (Å²) in [5, 5.41) is 20.6. The molecule has 0 radical (unpaired) electrons. The van der Waals surface area contributed by atoms with Gasteiger partial charge in [0.05, 0.1) is 12.2 Å². The highest BCUT2D eigenvalue weighted by Gasteiger charge is 2.12. The van der Waals surface area contributed by atoms with Crippen LogP contribution < -0.4 is 5.32 Å². The molecular weight excluding hydrogens is 146 g/mol. The van der Waals surface area contributed by atoms with Crippen LogP contribution >= 0.6 is 0 Å². The van der Waals surface area contributed by atoms with E-state index in [1.807, 2.05) is 0 Å². The minimum Gasteiger partial charge on any atom is -0.391 e. The molecule has 0 saturated carbocycles. The Balaban J connectivity index is 2.57. The van der Waals surface area contributed by atoms with E-state index in [1.165, 1.54) is 12.2 Å². The fourth-order valence-electron chi connectivity index (χ4n) is 0.916. The van der Waals surface area contributed by atoms with Crippen LogP contribution in [0.5, 0.6) is 0 Å². The second kappa shape index (κ2) is 3.50. The number of aliphatic hydroxyl groups is 2. The number of amides is 1. The number of rotatable bonds is 0. The lowest BCUT2D eigenvalue weighted by atomic mass is 10.1. The Hall–Kier alpha value is -0.870. The first-order valence-corrected chi connectivity index (χ1v) is 3.50. The molecule has 0 aliphatic carbocycles. The molecule has 0 bridgehead atoms. The molecule has 0 spiro atoms. The van der Waals surface area contributed by atoms with Gasteiger partial charge in [0, 0.05) is 19.0 Å². The summed E-state index contributed by atoms with van der Waals surface area (Å²) < 4.78 is 0. The summed E-state index contributed by atoms with van der Waals surface area (Å²) in [4.78, 5) is 10.7. The van der Waals surface area contributed by atoms with Crippen LogP contribution in [0.2, 0.25) is 0 Å². The van der Waals surface area contributed by atoms with Gasteiger partial charge >= 0.3 is 0 Å². The first-order chi connectivity index (χ1) is 5.18. The largest absolute Gasteiger partial charge is 0.391 e. The molecule has 4 nitrogen and oxygen atoms in total. The highest BCUT2D eigenvalue weighted by Crippen LogP contribution is 2.01. The van der Waals surface area contributed by atoms with Gasteiger partial charge < -0.3 is 15.5 Å². The third-order valence-corrected chi connectivity index (χ3v) is 1.50. The van der Waals surface area contributed by atoms with Crippen molar-refractivity contribution in [3.63, 3.8) is 0 Å².